The number of nitrogens with one attached hydrogen (secondary N) is 1. The van der Waals surface area contributed by atoms with Crippen molar-refractivity contribution in [1.82, 2.24) is 0 Å². The predicted molar refractivity (Wildman–Crippen MR) is 123 cm³/mol. The number of carbonyl (C=O) groups excluding carboxylic acids is 3. The Hall–Kier alpha value is -2.67. The van der Waals surface area contributed by atoms with Crippen LogP contribution >= 0.6 is 11.3 Å². The Morgan fingerprint density at radius 1 is 0.968 bits per heavy atom. The summed E-state index contributed by atoms with van der Waals surface area (Å²) in [5, 5.41) is 3.04. The zero-order valence-electron chi connectivity index (χ0n) is 19.5. The van der Waals surface area contributed by atoms with E-state index in [9.17, 15) is 14.4 Å². The molecular formula is C24H31NO5S. The van der Waals surface area contributed by atoms with Gasteiger partial charge < -0.3 is 14.8 Å². The van der Waals surface area contributed by atoms with Gasteiger partial charge in [-0.3, -0.25) is 4.79 Å². The van der Waals surface area contributed by atoms with E-state index in [0.29, 0.717) is 11.1 Å². The summed E-state index contributed by atoms with van der Waals surface area (Å²) in [6.07, 6.45) is 0. The van der Waals surface area contributed by atoms with Crippen LogP contribution in [0.4, 0.5) is 5.00 Å². The van der Waals surface area contributed by atoms with Gasteiger partial charge in [0.15, 0.2) is 0 Å². The van der Waals surface area contributed by atoms with Crippen molar-refractivity contribution in [2.75, 3.05) is 11.9 Å². The highest BCUT2D eigenvalue weighted by atomic mass is 32.1. The van der Waals surface area contributed by atoms with Crippen LogP contribution in [-0.4, -0.2) is 30.1 Å². The monoisotopic (exact) mass is 445 g/mol. The Bertz CT molecular complexity index is 975. The van der Waals surface area contributed by atoms with E-state index >= 15 is 0 Å². The van der Waals surface area contributed by atoms with Gasteiger partial charge >= 0.3 is 11.9 Å². The molecule has 31 heavy (non-hydrogen) atoms. The molecule has 0 radical (unpaired) electrons. The Morgan fingerprint density at radius 2 is 1.55 bits per heavy atom. The topological polar surface area (TPSA) is 81.7 Å². The van der Waals surface area contributed by atoms with Gasteiger partial charge in [0.2, 0.25) is 0 Å². The van der Waals surface area contributed by atoms with Crippen molar-refractivity contribution in [3.8, 4) is 0 Å². The van der Waals surface area contributed by atoms with Crippen LogP contribution < -0.4 is 5.32 Å². The SMILES string of the molecule is CCOC(=O)c1c(NC(=O)c2ccc(C(C)(C)C)cc2)sc(C(=O)OC(C)(C)C)c1C. The van der Waals surface area contributed by atoms with Gasteiger partial charge in [0.25, 0.3) is 5.91 Å². The molecule has 0 unspecified atom stereocenters. The molecule has 0 aliphatic heterocycles. The van der Waals surface area contributed by atoms with Crippen molar-refractivity contribution in [3.05, 3.63) is 51.4 Å². The molecule has 1 amide bonds. The second kappa shape index (κ2) is 9.22. The van der Waals surface area contributed by atoms with Crippen molar-refractivity contribution in [1.29, 1.82) is 0 Å². The molecule has 2 aromatic rings. The quantitative estimate of drug-likeness (QED) is 0.594. The van der Waals surface area contributed by atoms with Crippen LogP contribution in [-0.2, 0) is 14.9 Å². The van der Waals surface area contributed by atoms with E-state index in [1.54, 1.807) is 46.8 Å². The molecule has 1 N–H and O–H groups in total. The van der Waals surface area contributed by atoms with Crippen molar-refractivity contribution in [2.24, 2.45) is 0 Å². The van der Waals surface area contributed by atoms with E-state index < -0.39 is 17.5 Å². The Labute approximate surface area is 187 Å². The third-order valence-corrected chi connectivity index (χ3v) is 5.64. The van der Waals surface area contributed by atoms with Crippen LogP contribution in [0.3, 0.4) is 0 Å². The first-order chi connectivity index (χ1) is 14.2. The lowest BCUT2D eigenvalue weighted by Gasteiger charge is -2.19. The van der Waals surface area contributed by atoms with E-state index in [1.807, 2.05) is 12.1 Å². The molecular weight excluding hydrogens is 414 g/mol. The molecule has 1 aromatic carbocycles. The van der Waals surface area contributed by atoms with Crippen LogP contribution in [0.1, 0.15) is 90.0 Å². The van der Waals surface area contributed by atoms with E-state index in [1.165, 1.54) is 0 Å². The Kier molecular flexibility index (Phi) is 7.32. The summed E-state index contributed by atoms with van der Waals surface area (Å²) in [5.74, 6) is -1.51. The zero-order valence-corrected chi connectivity index (χ0v) is 20.3. The molecule has 0 spiro atoms. The maximum atomic E-state index is 12.9. The van der Waals surface area contributed by atoms with Gasteiger partial charge in [-0.15, -0.1) is 11.3 Å². The molecule has 0 atom stereocenters. The number of carbonyl (C=O) groups is 3. The van der Waals surface area contributed by atoms with Crippen molar-refractivity contribution >= 4 is 34.2 Å². The molecule has 0 bridgehead atoms. The minimum absolute atomic E-state index is 0.0285. The minimum Gasteiger partial charge on any atom is -0.462 e. The van der Waals surface area contributed by atoms with Crippen molar-refractivity contribution < 1.29 is 23.9 Å². The number of rotatable bonds is 5. The van der Waals surface area contributed by atoms with Crippen LogP contribution in [0, 0.1) is 6.92 Å². The minimum atomic E-state index is -0.685. The number of hydrogen-bond acceptors (Lipinski definition) is 6. The molecule has 0 aliphatic carbocycles. The third-order valence-electron chi connectivity index (χ3n) is 4.45. The fourth-order valence-electron chi connectivity index (χ4n) is 2.87. The number of esters is 2. The lowest BCUT2D eigenvalue weighted by Crippen LogP contribution is -2.23. The second-order valence-electron chi connectivity index (χ2n) is 9.26. The molecule has 168 valence electrons. The molecule has 2 rings (SSSR count). The fraction of sp³-hybridized carbons (Fsp3) is 0.458. The molecule has 0 saturated carbocycles. The Balaban J connectivity index is 2.39. The van der Waals surface area contributed by atoms with Gasteiger partial charge in [-0.05, 0) is 63.3 Å². The first-order valence-electron chi connectivity index (χ1n) is 10.2. The maximum absolute atomic E-state index is 12.9. The third kappa shape index (κ3) is 6.17. The largest absolute Gasteiger partial charge is 0.462 e. The summed E-state index contributed by atoms with van der Waals surface area (Å²) in [7, 11) is 0. The lowest BCUT2D eigenvalue weighted by molar-refractivity contribution is 0.00744. The zero-order chi connectivity index (χ0) is 23.6. The van der Waals surface area contributed by atoms with E-state index in [-0.39, 0.29) is 33.4 Å². The van der Waals surface area contributed by atoms with Crippen LogP contribution in [0.15, 0.2) is 24.3 Å². The average Bonchev–Trinajstić information content (AvgIpc) is 2.96. The number of ether oxygens (including phenoxy) is 2. The van der Waals surface area contributed by atoms with E-state index in [0.717, 1.165) is 16.9 Å². The molecule has 7 heteroatoms. The highest BCUT2D eigenvalue weighted by molar-refractivity contribution is 7.18. The second-order valence-corrected chi connectivity index (χ2v) is 10.3. The first-order valence-corrected chi connectivity index (χ1v) is 11.0. The Morgan fingerprint density at radius 3 is 2.03 bits per heavy atom. The predicted octanol–water partition coefficient (Wildman–Crippen LogP) is 5.74. The average molecular weight is 446 g/mol. The van der Waals surface area contributed by atoms with Crippen molar-refractivity contribution in [2.45, 2.75) is 66.4 Å². The molecule has 1 heterocycles. The number of benzene rings is 1. The molecule has 0 saturated heterocycles. The summed E-state index contributed by atoms with van der Waals surface area (Å²) in [6, 6.07) is 7.31. The lowest BCUT2D eigenvalue weighted by atomic mass is 9.87. The fourth-order valence-corrected chi connectivity index (χ4v) is 3.93. The molecule has 0 aliphatic rings. The molecule has 1 aromatic heterocycles. The van der Waals surface area contributed by atoms with Crippen LogP contribution in [0.5, 0.6) is 0 Å². The summed E-state index contributed by atoms with van der Waals surface area (Å²) >= 11 is 1.01. The number of thiophene rings is 1. The van der Waals surface area contributed by atoms with Gasteiger partial charge in [0.05, 0.1) is 12.2 Å². The molecule has 6 nitrogen and oxygen atoms in total. The highest BCUT2D eigenvalue weighted by Gasteiger charge is 2.29. The van der Waals surface area contributed by atoms with Gasteiger partial charge in [0, 0.05) is 5.56 Å². The van der Waals surface area contributed by atoms with Gasteiger partial charge in [0.1, 0.15) is 15.5 Å². The van der Waals surface area contributed by atoms with Crippen LogP contribution in [0.2, 0.25) is 0 Å². The van der Waals surface area contributed by atoms with E-state index in [4.69, 9.17) is 9.47 Å². The highest BCUT2D eigenvalue weighted by Crippen LogP contribution is 2.35. The summed E-state index contributed by atoms with van der Waals surface area (Å²) in [5.41, 5.74) is 1.45. The summed E-state index contributed by atoms with van der Waals surface area (Å²) < 4.78 is 10.6. The number of amides is 1. The van der Waals surface area contributed by atoms with Crippen LogP contribution in [0.25, 0.3) is 0 Å². The normalized spacial score (nSPS) is 11.7. The summed E-state index contributed by atoms with van der Waals surface area (Å²) in [4.78, 5) is 38.3. The smallest absolute Gasteiger partial charge is 0.349 e. The van der Waals surface area contributed by atoms with Gasteiger partial charge in [-0.25, -0.2) is 9.59 Å². The number of hydrogen-bond donors (Lipinski definition) is 1. The standard InChI is InChI=1S/C24H31NO5S/c1-9-29-21(27)17-14(2)18(22(28)30-24(6,7)8)31-20(17)25-19(26)15-10-12-16(13-11-15)23(3,4)5/h10-13H,9H2,1-8H3,(H,25,26). The van der Waals surface area contributed by atoms with Gasteiger partial charge in [-0.2, -0.15) is 0 Å². The van der Waals surface area contributed by atoms with Gasteiger partial charge in [-0.1, -0.05) is 32.9 Å². The first kappa shape index (κ1) is 24.6. The molecule has 0 fully saturated rings. The number of anilines is 1. The van der Waals surface area contributed by atoms with E-state index in [2.05, 4.69) is 26.1 Å². The summed E-state index contributed by atoms with van der Waals surface area (Å²) in [6.45, 7) is 15.1. The maximum Gasteiger partial charge on any atom is 0.349 e. The van der Waals surface area contributed by atoms with Crippen molar-refractivity contribution in [3.63, 3.8) is 0 Å².